The predicted molar refractivity (Wildman–Crippen MR) is 148 cm³/mol. The second kappa shape index (κ2) is 11.0. The van der Waals surface area contributed by atoms with E-state index < -0.39 is 17.3 Å². The number of halogens is 2. The third-order valence-electron chi connectivity index (χ3n) is 6.75. The topological polar surface area (TPSA) is 101 Å². The first-order valence-electron chi connectivity index (χ1n) is 12.0. The first kappa shape index (κ1) is 27.4. The maximum Gasteiger partial charge on any atom is 0.337 e. The summed E-state index contributed by atoms with van der Waals surface area (Å²) in [6.45, 7) is 4.82. The Morgan fingerprint density at radius 1 is 1.08 bits per heavy atom. The molecule has 10 heteroatoms. The molecule has 1 aromatic heterocycles. The fourth-order valence-corrected chi connectivity index (χ4v) is 5.21. The Bertz CT molecular complexity index is 1400. The number of carbonyl (C=O) groups excluding carboxylic acids is 3. The van der Waals surface area contributed by atoms with Crippen molar-refractivity contribution in [3.63, 3.8) is 0 Å². The van der Waals surface area contributed by atoms with Crippen LogP contribution in [-0.2, 0) is 14.9 Å². The minimum absolute atomic E-state index is 0.140. The van der Waals surface area contributed by atoms with E-state index in [1.807, 2.05) is 29.2 Å². The monoisotopic (exact) mass is 554 g/mol. The normalized spacial score (nSPS) is 14.0. The van der Waals surface area contributed by atoms with Crippen molar-refractivity contribution in [3.8, 4) is 0 Å². The molecule has 8 nitrogen and oxygen atoms in total. The Morgan fingerprint density at radius 2 is 1.79 bits per heavy atom. The summed E-state index contributed by atoms with van der Waals surface area (Å²) in [5.74, 6) is -0.982. The van der Waals surface area contributed by atoms with Crippen LogP contribution in [0.3, 0.4) is 0 Å². The highest BCUT2D eigenvalue weighted by molar-refractivity contribution is 6.33. The number of methoxy groups -OCH3 is 1. The van der Waals surface area contributed by atoms with E-state index in [4.69, 9.17) is 27.9 Å². The van der Waals surface area contributed by atoms with Gasteiger partial charge in [-0.05, 0) is 41.3 Å². The lowest BCUT2D eigenvalue weighted by Crippen LogP contribution is -2.65. The molecule has 0 bridgehead atoms. The highest BCUT2D eigenvalue weighted by Crippen LogP contribution is 2.44. The van der Waals surface area contributed by atoms with Crippen LogP contribution in [0.1, 0.15) is 51.6 Å². The van der Waals surface area contributed by atoms with Crippen LogP contribution in [0, 0.1) is 0 Å². The van der Waals surface area contributed by atoms with Gasteiger partial charge in [-0.25, -0.2) is 9.78 Å². The zero-order valence-corrected chi connectivity index (χ0v) is 23.0. The molecule has 2 N–H and O–H groups in total. The number of nitrogens with zero attached hydrogens (tertiary/aromatic N) is 2. The summed E-state index contributed by atoms with van der Waals surface area (Å²) in [6, 6.07) is 14.2. The molecular weight excluding hydrogens is 527 g/mol. The molecule has 2 heterocycles. The number of nitrogens with one attached hydrogen (secondary N) is 2. The van der Waals surface area contributed by atoms with E-state index in [9.17, 15) is 14.4 Å². The van der Waals surface area contributed by atoms with Crippen molar-refractivity contribution >= 4 is 52.4 Å². The number of hydrogen-bond donors (Lipinski definition) is 2. The Morgan fingerprint density at radius 3 is 2.42 bits per heavy atom. The fourth-order valence-electron chi connectivity index (χ4n) is 4.75. The van der Waals surface area contributed by atoms with Crippen LogP contribution in [0.15, 0.2) is 54.7 Å². The smallest absolute Gasteiger partial charge is 0.337 e. The molecule has 0 atom stereocenters. The summed E-state index contributed by atoms with van der Waals surface area (Å²) < 4.78 is 4.78. The molecule has 2 aromatic carbocycles. The summed E-state index contributed by atoms with van der Waals surface area (Å²) in [6.07, 6.45) is 1.38. The standard InChI is InChI=1S/C28H28Cl2N4O4/c1-16(2)18-7-5-6-8-20(18)28(27(37)33-22-13-32-24(30)12-19(22)25(35)31-3)14-34(15-28)23-10-9-17(11-21(23)29)26(36)38-4/h5-13,16H,14-15H2,1-4H3,(H,31,35)(H,33,37). The zero-order valence-electron chi connectivity index (χ0n) is 21.5. The molecule has 0 aliphatic carbocycles. The number of hydrogen-bond acceptors (Lipinski definition) is 6. The molecule has 1 fully saturated rings. The lowest BCUT2D eigenvalue weighted by Gasteiger charge is -2.51. The van der Waals surface area contributed by atoms with Crippen molar-refractivity contribution in [3.05, 3.63) is 87.2 Å². The average molecular weight is 555 g/mol. The van der Waals surface area contributed by atoms with Gasteiger partial charge in [0.1, 0.15) is 10.6 Å². The molecule has 1 aliphatic rings. The van der Waals surface area contributed by atoms with Gasteiger partial charge in [0.25, 0.3) is 5.91 Å². The van der Waals surface area contributed by atoms with Crippen LogP contribution >= 0.6 is 23.2 Å². The SMILES string of the molecule is CNC(=O)c1cc(Cl)ncc1NC(=O)C1(c2ccccc2C(C)C)CN(c2ccc(C(=O)OC)cc2Cl)C1. The zero-order chi connectivity index (χ0) is 27.6. The number of anilines is 2. The van der Waals surface area contributed by atoms with Crippen molar-refractivity contribution in [1.29, 1.82) is 0 Å². The number of rotatable bonds is 7. The Kier molecular flexibility index (Phi) is 7.94. The van der Waals surface area contributed by atoms with E-state index in [0.717, 1.165) is 11.1 Å². The number of benzene rings is 2. The Labute approximate surface area is 231 Å². The summed E-state index contributed by atoms with van der Waals surface area (Å²) >= 11 is 12.6. The molecule has 0 radical (unpaired) electrons. The van der Waals surface area contributed by atoms with E-state index >= 15 is 0 Å². The highest BCUT2D eigenvalue weighted by Gasteiger charge is 2.52. The fraction of sp³-hybridized carbons (Fsp3) is 0.286. The van der Waals surface area contributed by atoms with E-state index in [-0.39, 0.29) is 28.2 Å². The number of ether oxygens (including phenoxy) is 1. The second-order valence-electron chi connectivity index (χ2n) is 9.42. The van der Waals surface area contributed by atoms with Crippen LogP contribution in [-0.4, -0.2) is 50.0 Å². The van der Waals surface area contributed by atoms with E-state index in [1.54, 1.807) is 18.2 Å². The second-order valence-corrected chi connectivity index (χ2v) is 10.2. The summed E-state index contributed by atoms with van der Waals surface area (Å²) in [4.78, 5) is 44.5. The van der Waals surface area contributed by atoms with Crippen molar-refractivity contribution in [2.24, 2.45) is 0 Å². The van der Waals surface area contributed by atoms with Gasteiger partial charge in [0.05, 0.1) is 40.8 Å². The van der Waals surface area contributed by atoms with Gasteiger partial charge in [0, 0.05) is 20.1 Å². The number of carbonyl (C=O) groups is 3. The van der Waals surface area contributed by atoms with Crippen LogP contribution in [0.4, 0.5) is 11.4 Å². The van der Waals surface area contributed by atoms with Gasteiger partial charge < -0.3 is 20.3 Å². The molecule has 4 rings (SSSR count). The number of amides is 2. The van der Waals surface area contributed by atoms with Crippen LogP contribution in [0.2, 0.25) is 10.2 Å². The largest absolute Gasteiger partial charge is 0.465 e. The molecule has 0 unspecified atom stereocenters. The number of esters is 1. The molecule has 0 saturated carbocycles. The summed E-state index contributed by atoms with van der Waals surface area (Å²) in [5.41, 5.74) is 2.52. The van der Waals surface area contributed by atoms with Gasteiger partial charge >= 0.3 is 5.97 Å². The first-order valence-corrected chi connectivity index (χ1v) is 12.8. The van der Waals surface area contributed by atoms with E-state index in [1.165, 1.54) is 26.4 Å². The van der Waals surface area contributed by atoms with Crippen molar-refractivity contribution in [2.75, 3.05) is 37.5 Å². The minimum Gasteiger partial charge on any atom is -0.465 e. The van der Waals surface area contributed by atoms with Crippen LogP contribution in [0.5, 0.6) is 0 Å². The maximum atomic E-state index is 14.1. The van der Waals surface area contributed by atoms with Gasteiger partial charge in [-0.1, -0.05) is 61.3 Å². The quantitative estimate of drug-likeness (QED) is 0.313. The summed E-state index contributed by atoms with van der Waals surface area (Å²) in [7, 11) is 2.81. The van der Waals surface area contributed by atoms with Crippen molar-refractivity contribution in [2.45, 2.75) is 25.2 Å². The lowest BCUT2D eigenvalue weighted by atomic mass is 9.69. The molecule has 38 heavy (non-hydrogen) atoms. The van der Waals surface area contributed by atoms with Crippen molar-refractivity contribution in [1.82, 2.24) is 10.3 Å². The van der Waals surface area contributed by atoms with Crippen molar-refractivity contribution < 1.29 is 19.1 Å². The molecule has 3 aromatic rings. The van der Waals surface area contributed by atoms with Gasteiger partial charge in [-0.15, -0.1) is 0 Å². The van der Waals surface area contributed by atoms with Gasteiger partial charge in [-0.3, -0.25) is 9.59 Å². The number of aromatic nitrogens is 1. The Balaban J connectivity index is 1.73. The van der Waals surface area contributed by atoms with Crippen LogP contribution < -0.4 is 15.5 Å². The average Bonchev–Trinajstić information content (AvgIpc) is 2.89. The molecule has 2 amide bonds. The predicted octanol–water partition coefficient (Wildman–Crippen LogP) is 5.05. The molecular formula is C28H28Cl2N4O4. The summed E-state index contributed by atoms with van der Waals surface area (Å²) in [5, 5.41) is 6.02. The maximum absolute atomic E-state index is 14.1. The third-order valence-corrected chi connectivity index (χ3v) is 7.26. The third kappa shape index (κ3) is 5.06. The molecule has 1 saturated heterocycles. The number of pyridine rings is 1. The highest BCUT2D eigenvalue weighted by atomic mass is 35.5. The van der Waals surface area contributed by atoms with Crippen LogP contribution in [0.25, 0.3) is 0 Å². The molecule has 0 spiro atoms. The molecule has 1 aliphatic heterocycles. The van der Waals surface area contributed by atoms with Gasteiger partial charge in [0.15, 0.2) is 0 Å². The van der Waals surface area contributed by atoms with E-state index in [0.29, 0.717) is 29.4 Å². The van der Waals surface area contributed by atoms with E-state index in [2.05, 4.69) is 29.5 Å². The lowest BCUT2D eigenvalue weighted by molar-refractivity contribution is -0.122. The Hall–Kier alpha value is -3.62. The van der Waals surface area contributed by atoms with Gasteiger partial charge in [-0.2, -0.15) is 0 Å². The minimum atomic E-state index is -0.940. The molecule has 198 valence electrons. The van der Waals surface area contributed by atoms with Gasteiger partial charge in [0.2, 0.25) is 5.91 Å². The first-order chi connectivity index (χ1) is 18.1.